The van der Waals surface area contributed by atoms with E-state index in [2.05, 4.69) is 26.7 Å². The molecule has 0 spiro atoms. The molecular weight excluding hydrogens is 284 g/mol. The second-order valence-electron chi connectivity index (χ2n) is 5.22. The van der Waals surface area contributed by atoms with Crippen molar-refractivity contribution < 1.29 is 4.42 Å². The van der Waals surface area contributed by atoms with Gasteiger partial charge in [0, 0.05) is 12.5 Å². The van der Waals surface area contributed by atoms with Crippen LogP contribution < -0.4 is 0 Å². The van der Waals surface area contributed by atoms with E-state index < -0.39 is 0 Å². The van der Waals surface area contributed by atoms with E-state index >= 15 is 0 Å². The third-order valence-corrected chi connectivity index (χ3v) is 4.62. The van der Waals surface area contributed by atoms with E-state index in [1.165, 1.54) is 12.8 Å². The highest BCUT2D eigenvalue weighted by Crippen LogP contribution is 2.40. The molecule has 2 aromatic heterocycles. The van der Waals surface area contributed by atoms with Gasteiger partial charge in [0.1, 0.15) is 11.3 Å². The van der Waals surface area contributed by atoms with E-state index in [1.54, 1.807) is 11.8 Å². The first kappa shape index (κ1) is 12.9. The zero-order valence-electron chi connectivity index (χ0n) is 11.8. The molecule has 0 amide bonds. The Morgan fingerprint density at radius 3 is 2.90 bits per heavy atom. The molecule has 1 saturated carbocycles. The van der Waals surface area contributed by atoms with Gasteiger partial charge in [0.15, 0.2) is 10.7 Å². The highest BCUT2D eigenvalue weighted by Gasteiger charge is 2.30. The van der Waals surface area contributed by atoms with Crippen molar-refractivity contribution in [3.05, 3.63) is 36.0 Å². The van der Waals surface area contributed by atoms with Crippen LogP contribution in [0.1, 0.15) is 37.4 Å². The van der Waals surface area contributed by atoms with Crippen molar-refractivity contribution in [2.24, 2.45) is 0 Å². The number of fused-ring (bicyclic) bond motifs is 1. The average Bonchev–Trinajstić information content (AvgIpc) is 3.13. The van der Waals surface area contributed by atoms with Gasteiger partial charge in [-0.25, -0.2) is 4.98 Å². The average molecular weight is 300 g/mol. The topological polar surface area (TPSA) is 56.7 Å². The fraction of sp³-hybridized carbons (Fsp3) is 0.400. The summed E-state index contributed by atoms with van der Waals surface area (Å²) in [5.41, 5.74) is 1.74. The molecule has 0 radical (unpaired) electrons. The summed E-state index contributed by atoms with van der Waals surface area (Å²) < 4.78 is 7.95. The third kappa shape index (κ3) is 2.44. The number of nitrogens with zero attached hydrogens (tertiary/aromatic N) is 4. The summed E-state index contributed by atoms with van der Waals surface area (Å²) in [5, 5.41) is 9.63. The summed E-state index contributed by atoms with van der Waals surface area (Å²) in [5.74, 6) is 3.17. The van der Waals surface area contributed by atoms with Crippen LogP contribution in [0.3, 0.4) is 0 Å². The van der Waals surface area contributed by atoms with Crippen molar-refractivity contribution >= 4 is 22.9 Å². The second kappa shape index (κ2) is 5.18. The lowest BCUT2D eigenvalue weighted by atomic mass is 10.3. The molecule has 21 heavy (non-hydrogen) atoms. The molecule has 0 unspecified atom stereocenters. The number of benzene rings is 1. The first-order chi connectivity index (χ1) is 10.3. The Hall–Kier alpha value is -1.82. The molecule has 108 valence electrons. The van der Waals surface area contributed by atoms with Crippen LogP contribution in [0.25, 0.3) is 11.1 Å². The molecule has 0 atom stereocenters. The molecule has 1 aliphatic carbocycles. The van der Waals surface area contributed by atoms with E-state index in [-0.39, 0.29) is 0 Å². The molecule has 0 bridgehead atoms. The largest absolute Gasteiger partial charge is 0.440 e. The molecule has 6 heteroatoms. The molecule has 1 fully saturated rings. The summed E-state index contributed by atoms with van der Waals surface area (Å²) in [6.07, 6.45) is 2.49. The highest BCUT2D eigenvalue weighted by molar-refractivity contribution is 7.98. The molecular formula is C15H16N4OS. The van der Waals surface area contributed by atoms with E-state index in [0.29, 0.717) is 11.7 Å². The van der Waals surface area contributed by atoms with Gasteiger partial charge >= 0.3 is 0 Å². The van der Waals surface area contributed by atoms with Gasteiger partial charge in [0.2, 0.25) is 5.89 Å². The van der Waals surface area contributed by atoms with Gasteiger partial charge in [-0.1, -0.05) is 23.9 Å². The Kier molecular flexibility index (Phi) is 3.18. The minimum absolute atomic E-state index is 0.621. The van der Waals surface area contributed by atoms with Gasteiger partial charge in [-0.15, -0.1) is 10.2 Å². The maximum atomic E-state index is 5.74. The Labute approximate surface area is 126 Å². The number of hydrogen-bond donors (Lipinski definition) is 0. The number of aromatic nitrogens is 4. The van der Waals surface area contributed by atoms with Gasteiger partial charge in [0.25, 0.3) is 0 Å². The molecule has 0 N–H and O–H groups in total. The quantitative estimate of drug-likeness (QED) is 0.674. The molecule has 1 aliphatic rings. The molecule has 5 nitrogen and oxygen atoms in total. The monoisotopic (exact) mass is 300 g/mol. The fourth-order valence-electron chi connectivity index (χ4n) is 2.46. The van der Waals surface area contributed by atoms with Crippen molar-refractivity contribution in [2.75, 3.05) is 0 Å². The Morgan fingerprint density at radius 2 is 2.14 bits per heavy atom. The van der Waals surface area contributed by atoms with Gasteiger partial charge < -0.3 is 8.98 Å². The summed E-state index contributed by atoms with van der Waals surface area (Å²) in [6.45, 7) is 3.05. The zero-order chi connectivity index (χ0) is 14.2. The van der Waals surface area contributed by atoms with Gasteiger partial charge in [-0.3, -0.25) is 0 Å². The molecule has 4 rings (SSSR count). The van der Waals surface area contributed by atoms with Crippen LogP contribution in [0, 0.1) is 0 Å². The van der Waals surface area contributed by atoms with Crippen LogP contribution in [0.15, 0.2) is 33.8 Å². The van der Waals surface area contributed by atoms with Gasteiger partial charge in [0.05, 0.1) is 5.75 Å². The standard InChI is InChI=1S/C15H16N4OS/c1-2-19-14(10-7-8-10)17-18-15(19)21-9-13-16-11-5-3-4-6-12(11)20-13/h3-6,10H,2,7-9H2,1H3. The van der Waals surface area contributed by atoms with Crippen LogP contribution in [0.4, 0.5) is 0 Å². The normalized spacial score (nSPS) is 14.9. The Morgan fingerprint density at radius 1 is 1.29 bits per heavy atom. The van der Waals surface area contributed by atoms with Crippen molar-refractivity contribution in [1.82, 2.24) is 19.7 Å². The summed E-state index contributed by atoms with van der Waals surface area (Å²) in [4.78, 5) is 4.49. The zero-order valence-corrected chi connectivity index (χ0v) is 12.6. The summed E-state index contributed by atoms with van der Waals surface area (Å²) in [7, 11) is 0. The number of rotatable bonds is 5. The van der Waals surface area contributed by atoms with E-state index in [9.17, 15) is 0 Å². The smallest absolute Gasteiger partial charge is 0.205 e. The molecule has 0 saturated heterocycles. The second-order valence-corrected chi connectivity index (χ2v) is 6.17. The van der Waals surface area contributed by atoms with Crippen LogP contribution >= 0.6 is 11.8 Å². The molecule has 0 aliphatic heterocycles. The minimum Gasteiger partial charge on any atom is -0.440 e. The van der Waals surface area contributed by atoms with Crippen LogP contribution in [-0.2, 0) is 12.3 Å². The minimum atomic E-state index is 0.621. The lowest BCUT2D eigenvalue weighted by Crippen LogP contribution is -2.01. The van der Waals surface area contributed by atoms with E-state index in [4.69, 9.17) is 4.42 Å². The number of oxazole rings is 1. The van der Waals surface area contributed by atoms with Gasteiger partial charge in [-0.05, 0) is 31.9 Å². The maximum Gasteiger partial charge on any atom is 0.205 e. The van der Waals surface area contributed by atoms with E-state index in [1.807, 2.05) is 24.3 Å². The first-order valence-corrected chi connectivity index (χ1v) is 8.24. The van der Waals surface area contributed by atoms with E-state index in [0.717, 1.165) is 34.5 Å². The lowest BCUT2D eigenvalue weighted by molar-refractivity contribution is 0.555. The Balaban J connectivity index is 1.53. The van der Waals surface area contributed by atoms with Crippen LogP contribution in [-0.4, -0.2) is 19.7 Å². The molecule has 1 aromatic carbocycles. The SMILES string of the molecule is CCn1c(SCc2nc3ccccc3o2)nnc1C1CC1. The molecule has 2 heterocycles. The predicted molar refractivity (Wildman–Crippen MR) is 81.2 cm³/mol. The third-order valence-electron chi connectivity index (χ3n) is 3.67. The number of thioether (sulfide) groups is 1. The first-order valence-electron chi connectivity index (χ1n) is 7.25. The lowest BCUT2D eigenvalue weighted by Gasteiger charge is -2.05. The summed E-state index contributed by atoms with van der Waals surface area (Å²) >= 11 is 1.64. The van der Waals surface area contributed by atoms with Crippen LogP contribution in [0.5, 0.6) is 0 Å². The fourth-order valence-corrected chi connectivity index (χ4v) is 3.31. The van der Waals surface area contributed by atoms with Gasteiger partial charge in [-0.2, -0.15) is 0 Å². The predicted octanol–water partition coefficient (Wildman–Crippen LogP) is 3.61. The van der Waals surface area contributed by atoms with Crippen molar-refractivity contribution in [2.45, 2.75) is 43.1 Å². The molecule has 3 aromatic rings. The van der Waals surface area contributed by atoms with Crippen LogP contribution in [0.2, 0.25) is 0 Å². The maximum absolute atomic E-state index is 5.74. The highest BCUT2D eigenvalue weighted by atomic mass is 32.2. The Bertz CT molecular complexity index is 742. The number of hydrogen-bond acceptors (Lipinski definition) is 5. The van der Waals surface area contributed by atoms with Crippen molar-refractivity contribution in [3.63, 3.8) is 0 Å². The summed E-state index contributed by atoms with van der Waals surface area (Å²) in [6, 6.07) is 7.83. The van der Waals surface area contributed by atoms with Crippen molar-refractivity contribution in [1.29, 1.82) is 0 Å². The number of para-hydroxylation sites is 2. The van der Waals surface area contributed by atoms with Crippen molar-refractivity contribution in [3.8, 4) is 0 Å².